The number of carbonyl (C=O) groups excluding carboxylic acids is 2. The number of aromatic amines is 1. The van der Waals surface area contributed by atoms with Gasteiger partial charge in [0.2, 0.25) is 0 Å². The zero-order valence-corrected chi connectivity index (χ0v) is 17.9. The van der Waals surface area contributed by atoms with Gasteiger partial charge in [-0.1, -0.05) is 18.2 Å². The average molecular weight is 457 g/mol. The van der Waals surface area contributed by atoms with E-state index >= 15 is 0 Å². The first kappa shape index (κ1) is 25.0. The highest BCUT2D eigenvalue weighted by Gasteiger charge is 2.49. The van der Waals surface area contributed by atoms with Crippen LogP contribution in [0.25, 0.3) is 10.9 Å². The Morgan fingerprint density at radius 3 is 2.29 bits per heavy atom. The van der Waals surface area contributed by atoms with Crippen LogP contribution in [0.5, 0.6) is 0 Å². The first-order valence-corrected chi connectivity index (χ1v) is 11.5. The minimum atomic E-state index is -3.67. The summed E-state index contributed by atoms with van der Waals surface area (Å²) in [5.74, 6) is 0.403. The predicted molar refractivity (Wildman–Crippen MR) is 113 cm³/mol. The van der Waals surface area contributed by atoms with E-state index in [0.717, 1.165) is 36.6 Å². The van der Waals surface area contributed by atoms with Crippen molar-refractivity contribution in [2.45, 2.75) is 43.9 Å². The monoisotopic (exact) mass is 456 g/mol. The maximum Gasteiger partial charge on any atom is 0.340 e. The number of para-hydroxylation sites is 1. The Morgan fingerprint density at radius 1 is 1.13 bits per heavy atom. The van der Waals surface area contributed by atoms with Crippen LogP contribution in [0.4, 0.5) is 0 Å². The van der Waals surface area contributed by atoms with Crippen molar-refractivity contribution in [3.05, 3.63) is 36.0 Å². The molecule has 1 aromatic carbocycles. The van der Waals surface area contributed by atoms with Gasteiger partial charge < -0.3 is 20.7 Å². The third-order valence-electron chi connectivity index (χ3n) is 6.00. The SMILES string of the molecule is CS(=O)(=O)O.O.O.O=C(OC1C[C@@H]2CC3C[C@H](C1)N2CC3=O)c1c[nH]c2ccccc12. The van der Waals surface area contributed by atoms with Crippen molar-refractivity contribution in [2.75, 3.05) is 12.8 Å². The third-order valence-corrected chi connectivity index (χ3v) is 6.00. The Balaban J connectivity index is 0.000000443. The van der Waals surface area contributed by atoms with Gasteiger partial charge in [0.05, 0.1) is 18.4 Å². The molecule has 4 saturated heterocycles. The Hall–Kier alpha value is -2.31. The molecule has 172 valence electrons. The fraction of sp³-hybridized carbons (Fsp3) is 0.500. The summed E-state index contributed by atoms with van der Waals surface area (Å²) < 4.78 is 31.7. The fourth-order valence-corrected chi connectivity index (χ4v) is 4.87. The molecule has 5 atom stereocenters. The van der Waals surface area contributed by atoms with Crippen molar-refractivity contribution in [3.8, 4) is 0 Å². The van der Waals surface area contributed by atoms with Gasteiger partial charge in [0.15, 0.2) is 0 Å². The number of nitrogens with one attached hydrogen (secondary N) is 1. The lowest BCUT2D eigenvalue weighted by atomic mass is 9.72. The molecule has 0 spiro atoms. The summed E-state index contributed by atoms with van der Waals surface area (Å²) in [6.07, 6.45) is 6.01. The summed E-state index contributed by atoms with van der Waals surface area (Å²) in [4.78, 5) is 30.0. The van der Waals surface area contributed by atoms with Crippen molar-refractivity contribution in [2.24, 2.45) is 5.92 Å². The lowest BCUT2D eigenvalue weighted by Gasteiger charge is -2.54. The Kier molecular flexibility index (Phi) is 7.61. The first-order valence-electron chi connectivity index (χ1n) is 9.67. The maximum absolute atomic E-state index is 12.6. The molecule has 6 rings (SSSR count). The largest absolute Gasteiger partial charge is 0.459 e. The number of ketones is 1. The van der Waals surface area contributed by atoms with Gasteiger partial charge in [-0.15, -0.1) is 0 Å². The van der Waals surface area contributed by atoms with E-state index in [-0.39, 0.29) is 28.9 Å². The number of H-pyrrole nitrogens is 1. The first-order chi connectivity index (χ1) is 13.7. The minimum absolute atomic E-state index is 0. The highest BCUT2D eigenvalue weighted by Crippen LogP contribution is 2.42. The molecule has 31 heavy (non-hydrogen) atoms. The summed E-state index contributed by atoms with van der Waals surface area (Å²) in [5.41, 5.74) is 1.56. The minimum Gasteiger partial charge on any atom is -0.459 e. The van der Waals surface area contributed by atoms with Crippen LogP contribution in [-0.2, 0) is 19.6 Å². The molecule has 4 aliphatic heterocycles. The van der Waals surface area contributed by atoms with Crippen LogP contribution in [-0.4, -0.2) is 76.5 Å². The van der Waals surface area contributed by atoms with Crippen molar-refractivity contribution >= 4 is 32.8 Å². The summed E-state index contributed by atoms with van der Waals surface area (Å²) in [6, 6.07) is 8.58. The number of Topliss-reactive ketones (excluding diaryl/α,β-unsaturated/α-hetero) is 1. The topological polar surface area (TPSA) is 180 Å². The summed E-state index contributed by atoms with van der Waals surface area (Å²) in [5, 5.41) is 0.909. The molecule has 3 unspecified atom stereocenters. The molecule has 10 nitrogen and oxygen atoms in total. The van der Waals surface area contributed by atoms with Gasteiger partial charge in [0, 0.05) is 47.9 Å². The van der Waals surface area contributed by atoms with Crippen LogP contribution >= 0.6 is 0 Å². The lowest BCUT2D eigenvalue weighted by molar-refractivity contribution is -0.145. The van der Waals surface area contributed by atoms with E-state index in [0.29, 0.717) is 36.2 Å². The van der Waals surface area contributed by atoms with Gasteiger partial charge in [0.1, 0.15) is 11.9 Å². The van der Waals surface area contributed by atoms with Gasteiger partial charge >= 0.3 is 5.97 Å². The molecule has 0 aliphatic carbocycles. The Labute approximate surface area is 179 Å². The molecule has 4 aliphatic rings. The van der Waals surface area contributed by atoms with Crippen molar-refractivity contribution in [3.63, 3.8) is 0 Å². The zero-order chi connectivity index (χ0) is 20.8. The molecule has 11 heteroatoms. The number of hydrogen-bond acceptors (Lipinski definition) is 6. The normalized spacial score (nSPS) is 28.6. The lowest BCUT2D eigenvalue weighted by Crippen LogP contribution is -2.63. The van der Waals surface area contributed by atoms with Gasteiger partial charge in [-0.05, 0) is 18.9 Å². The molecular formula is C20H28N2O8S. The van der Waals surface area contributed by atoms with Crippen LogP contribution < -0.4 is 0 Å². The van der Waals surface area contributed by atoms with Gasteiger partial charge in [-0.3, -0.25) is 14.2 Å². The maximum atomic E-state index is 12.6. The molecular weight excluding hydrogens is 428 g/mol. The second-order valence-corrected chi connectivity index (χ2v) is 9.56. The van der Waals surface area contributed by atoms with E-state index in [4.69, 9.17) is 9.29 Å². The van der Waals surface area contributed by atoms with Gasteiger partial charge in [0.25, 0.3) is 10.1 Å². The number of aromatic nitrogens is 1. The van der Waals surface area contributed by atoms with E-state index < -0.39 is 10.1 Å². The van der Waals surface area contributed by atoms with Crippen molar-refractivity contribution in [1.82, 2.24) is 9.88 Å². The summed E-state index contributed by atoms with van der Waals surface area (Å²) >= 11 is 0. The van der Waals surface area contributed by atoms with E-state index in [1.165, 1.54) is 0 Å². The number of piperidine rings is 4. The smallest absolute Gasteiger partial charge is 0.340 e. The third kappa shape index (κ3) is 5.49. The molecule has 0 amide bonds. The molecule has 4 bridgehead atoms. The standard InChI is InChI=1S/C19H20N2O3.CH4O3S.2H2O/c22-18-10-21-12-5-11(18)6-13(21)8-14(7-12)24-19(23)16-9-20-17-4-2-1-3-15(16)17;1-5(2,3)4;;/h1-4,9,11-14,20H,5-8,10H2;1H3,(H,2,3,4);2*1H2/t11?,12-,13+,14?;;;. The summed E-state index contributed by atoms with van der Waals surface area (Å²) in [6.45, 7) is 0.600. The number of esters is 1. The van der Waals surface area contributed by atoms with E-state index in [1.807, 2.05) is 24.3 Å². The number of nitrogens with zero attached hydrogens (tertiary/aromatic N) is 1. The zero-order valence-electron chi connectivity index (χ0n) is 17.1. The number of fused-ring (bicyclic) bond motifs is 2. The molecule has 0 saturated carbocycles. The number of carbonyl (C=O) groups is 2. The second kappa shape index (κ2) is 9.45. The van der Waals surface area contributed by atoms with Crippen LogP contribution in [0.3, 0.4) is 0 Å². The van der Waals surface area contributed by atoms with Gasteiger partial charge in [-0.2, -0.15) is 8.42 Å². The second-order valence-electron chi connectivity index (χ2n) is 8.09. The predicted octanol–water partition coefficient (Wildman–Crippen LogP) is 0.374. The van der Waals surface area contributed by atoms with E-state index in [9.17, 15) is 18.0 Å². The Morgan fingerprint density at radius 2 is 1.71 bits per heavy atom. The van der Waals surface area contributed by atoms with Crippen LogP contribution in [0, 0.1) is 5.92 Å². The number of hydrogen-bond donors (Lipinski definition) is 2. The number of rotatable bonds is 2. The van der Waals surface area contributed by atoms with Crippen LogP contribution in [0.15, 0.2) is 30.5 Å². The quantitative estimate of drug-likeness (QED) is 0.484. The van der Waals surface area contributed by atoms with Crippen LogP contribution in [0.2, 0.25) is 0 Å². The van der Waals surface area contributed by atoms with Crippen molar-refractivity contribution < 1.29 is 38.2 Å². The molecule has 6 N–H and O–H groups in total. The number of benzene rings is 1. The highest BCUT2D eigenvalue weighted by molar-refractivity contribution is 7.85. The molecule has 0 radical (unpaired) electrons. The van der Waals surface area contributed by atoms with E-state index in [2.05, 4.69) is 9.88 Å². The molecule has 1 aromatic heterocycles. The highest BCUT2D eigenvalue weighted by atomic mass is 32.2. The van der Waals surface area contributed by atoms with Crippen LogP contribution in [0.1, 0.15) is 36.0 Å². The Bertz CT molecular complexity index is 1030. The number of ether oxygens (including phenoxy) is 1. The van der Waals surface area contributed by atoms with Crippen molar-refractivity contribution in [1.29, 1.82) is 0 Å². The molecule has 4 fully saturated rings. The molecule has 2 aromatic rings. The molecule has 5 heterocycles. The fourth-order valence-electron chi connectivity index (χ4n) is 4.87. The average Bonchev–Trinajstić information content (AvgIpc) is 3.04. The van der Waals surface area contributed by atoms with Gasteiger partial charge in [-0.25, -0.2) is 4.79 Å². The summed E-state index contributed by atoms with van der Waals surface area (Å²) in [7, 11) is -3.67. The van der Waals surface area contributed by atoms with E-state index in [1.54, 1.807) is 6.20 Å².